The first-order valence-corrected chi connectivity index (χ1v) is 4.65. The van der Waals surface area contributed by atoms with Crippen LogP contribution in [-0.4, -0.2) is 16.0 Å². The van der Waals surface area contributed by atoms with Crippen molar-refractivity contribution in [1.82, 2.24) is 0 Å². The van der Waals surface area contributed by atoms with Gasteiger partial charge in [0.25, 0.3) is 5.69 Å². The molecule has 0 amide bonds. The van der Waals surface area contributed by atoms with Crippen LogP contribution in [0.4, 0.5) is 5.69 Å². The van der Waals surface area contributed by atoms with Crippen molar-refractivity contribution in [2.75, 3.05) is 0 Å². The van der Waals surface area contributed by atoms with E-state index in [4.69, 9.17) is 16.7 Å². The van der Waals surface area contributed by atoms with Crippen molar-refractivity contribution < 1.29 is 14.8 Å². The highest BCUT2D eigenvalue weighted by atomic mass is 35.5. The van der Waals surface area contributed by atoms with E-state index in [1.807, 2.05) is 0 Å². The maximum atomic E-state index is 10.6. The minimum absolute atomic E-state index is 0.0532. The summed E-state index contributed by atoms with van der Waals surface area (Å²) in [5.41, 5.74) is 0.781. The van der Waals surface area contributed by atoms with E-state index in [9.17, 15) is 14.9 Å². The van der Waals surface area contributed by atoms with E-state index in [0.717, 1.165) is 6.08 Å². The molecule has 84 valence electrons. The van der Waals surface area contributed by atoms with Crippen molar-refractivity contribution in [2.24, 2.45) is 0 Å². The summed E-state index contributed by atoms with van der Waals surface area (Å²) >= 11 is 5.81. The highest BCUT2D eigenvalue weighted by molar-refractivity contribution is 6.34. The maximum Gasteiger partial charge on any atom is 0.328 e. The molecular formula is C10H8ClNO4. The van der Waals surface area contributed by atoms with E-state index in [1.54, 1.807) is 6.92 Å². The van der Waals surface area contributed by atoms with Crippen molar-refractivity contribution in [2.45, 2.75) is 6.92 Å². The van der Waals surface area contributed by atoms with Gasteiger partial charge in [0.15, 0.2) is 0 Å². The molecule has 0 saturated carbocycles. The van der Waals surface area contributed by atoms with Gasteiger partial charge in [0.05, 0.1) is 4.92 Å². The molecule has 1 N–H and O–H groups in total. The number of carboxylic acids is 1. The van der Waals surface area contributed by atoms with Gasteiger partial charge in [-0.3, -0.25) is 10.1 Å². The average Bonchev–Trinajstić information content (AvgIpc) is 2.16. The minimum atomic E-state index is -1.14. The van der Waals surface area contributed by atoms with Gasteiger partial charge in [0.1, 0.15) is 5.02 Å². The average molecular weight is 242 g/mol. The van der Waals surface area contributed by atoms with Crippen molar-refractivity contribution in [3.63, 3.8) is 0 Å². The Morgan fingerprint density at radius 2 is 2.19 bits per heavy atom. The molecule has 0 bridgehead atoms. The normalized spacial score (nSPS) is 10.6. The minimum Gasteiger partial charge on any atom is -0.478 e. The lowest BCUT2D eigenvalue weighted by molar-refractivity contribution is -0.384. The maximum absolute atomic E-state index is 10.6. The number of nitrogens with zero attached hydrogens (tertiary/aromatic N) is 1. The van der Waals surface area contributed by atoms with Gasteiger partial charge in [0, 0.05) is 17.7 Å². The zero-order valence-corrected chi connectivity index (χ0v) is 9.06. The Bertz CT molecular complexity index is 482. The molecule has 1 aromatic carbocycles. The van der Waals surface area contributed by atoms with Crippen molar-refractivity contribution >= 4 is 29.3 Å². The third-order valence-electron chi connectivity index (χ3n) is 1.97. The molecule has 0 saturated heterocycles. The van der Waals surface area contributed by atoms with Gasteiger partial charge in [0.2, 0.25) is 0 Å². The second-order valence-corrected chi connectivity index (χ2v) is 3.44. The molecule has 0 atom stereocenters. The van der Waals surface area contributed by atoms with Crippen LogP contribution in [0.3, 0.4) is 0 Å². The van der Waals surface area contributed by atoms with Gasteiger partial charge in [-0.25, -0.2) is 4.79 Å². The van der Waals surface area contributed by atoms with Crippen LogP contribution in [0, 0.1) is 17.0 Å². The standard InChI is InChI=1S/C10H8ClNO4/c1-6-2-4-8(12(15)16)10(11)7(6)3-5-9(13)14/h2-5H,1H3,(H,13,14)/b5-3+. The Labute approximate surface area is 96.1 Å². The number of aryl methyl sites for hydroxylation is 1. The molecule has 1 rings (SSSR count). The number of halogens is 1. The Morgan fingerprint density at radius 1 is 1.56 bits per heavy atom. The quantitative estimate of drug-likeness (QED) is 0.501. The Kier molecular flexibility index (Phi) is 3.63. The summed E-state index contributed by atoms with van der Waals surface area (Å²) in [6, 6.07) is 2.81. The second-order valence-electron chi connectivity index (χ2n) is 3.06. The number of nitro groups is 1. The largest absolute Gasteiger partial charge is 0.478 e. The number of hydrogen-bond acceptors (Lipinski definition) is 3. The van der Waals surface area contributed by atoms with Gasteiger partial charge >= 0.3 is 5.97 Å². The first kappa shape index (κ1) is 12.2. The molecule has 0 aliphatic carbocycles. The van der Waals surface area contributed by atoms with Crippen molar-refractivity contribution in [1.29, 1.82) is 0 Å². The summed E-state index contributed by atoms with van der Waals surface area (Å²) in [5.74, 6) is -1.14. The van der Waals surface area contributed by atoms with Crippen LogP contribution in [0.2, 0.25) is 5.02 Å². The van der Waals surface area contributed by atoms with Gasteiger partial charge in [-0.2, -0.15) is 0 Å². The predicted molar refractivity (Wildman–Crippen MR) is 59.5 cm³/mol. The molecule has 5 nitrogen and oxygen atoms in total. The van der Waals surface area contributed by atoms with E-state index in [-0.39, 0.29) is 10.7 Å². The molecule has 0 unspecified atom stereocenters. The van der Waals surface area contributed by atoms with Crippen LogP contribution in [0.1, 0.15) is 11.1 Å². The van der Waals surface area contributed by atoms with E-state index >= 15 is 0 Å². The topological polar surface area (TPSA) is 80.4 Å². The molecule has 0 radical (unpaired) electrons. The van der Waals surface area contributed by atoms with Crippen LogP contribution in [-0.2, 0) is 4.79 Å². The summed E-state index contributed by atoms with van der Waals surface area (Å²) in [6.45, 7) is 1.69. The molecule has 6 heteroatoms. The van der Waals surface area contributed by atoms with Crippen LogP contribution in [0.15, 0.2) is 18.2 Å². The summed E-state index contributed by atoms with van der Waals surface area (Å²) in [5, 5.41) is 19.0. The number of benzene rings is 1. The number of hydrogen-bond donors (Lipinski definition) is 1. The second kappa shape index (κ2) is 4.76. The van der Waals surface area contributed by atoms with Gasteiger partial charge in [-0.05, 0) is 18.6 Å². The van der Waals surface area contributed by atoms with Crippen LogP contribution < -0.4 is 0 Å². The monoisotopic (exact) mass is 241 g/mol. The highest BCUT2D eigenvalue weighted by Crippen LogP contribution is 2.31. The Balaban J connectivity index is 3.32. The zero-order valence-electron chi connectivity index (χ0n) is 8.31. The van der Waals surface area contributed by atoms with Gasteiger partial charge < -0.3 is 5.11 Å². The summed E-state index contributed by atoms with van der Waals surface area (Å²) in [6.07, 6.45) is 2.13. The fourth-order valence-corrected chi connectivity index (χ4v) is 1.52. The molecule has 16 heavy (non-hydrogen) atoms. The van der Waals surface area contributed by atoms with Gasteiger partial charge in [-0.1, -0.05) is 17.7 Å². The number of carbonyl (C=O) groups is 1. The van der Waals surface area contributed by atoms with Crippen molar-refractivity contribution in [3.8, 4) is 0 Å². The first-order chi connectivity index (χ1) is 7.43. The van der Waals surface area contributed by atoms with Crippen LogP contribution >= 0.6 is 11.6 Å². The lowest BCUT2D eigenvalue weighted by Gasteiger charge is -2.03. The summed E-state index contributed by atoms with van der Waals surface area (Å²) in [4.78, 5) is 20.3. The summed E-state index contributed by atoms with van der Waals surface area (Å²) < 4.78 is 0. The number of rotatable bonds is 3. The SMILES string of the molecule is Cc1ccc([N+](=O)[O-])c(Cl)c1/C=C/C(=O)O. The van der Waals surface area contributed by atoms with E-state index in [2.05, 4.69) is 0 Å². The van der Waals surface area contributed by atoms with E-state index in [0.29, 0.717) is 11.1 Å². The number of aliphatic carboxylic acids is 1. The van der Waals surface area contributed by atoms with Crippen LogP contribution in [0.25, 0.3) is 6.08 Å². The number of carboxylic acid groups (broad SMARTS) is 1. The molecule has 0 aromatic heterocycles. The summed E-state index contributed by atoms with van der Waals surface area (Å²) in [7, 11) is 0. The lowest BCUT2D eigenvalue weighted by atomic mass is 10.1. The predicted octanol–water partition coefficient (Wildman–Crippen LogP) is 2.65. The Morgan fingerprint density at radius 3 is 2.69 bits per heavy atom. The van der Waals surface area contributed by atoms with Gasteiger partial charge in [-0.15, -0.1) is 0 Å². The fourth-order valence-electron chi connectivity index (χ4n) is 1.18. The Hall–Kier alpha value is -1.88. The molecule has 1 aromatic rings. The molecule has 0 aliphatic rings. The molecule has 0 spiro atoms. The molecule has 0 aliphatic heterocycles. The lowest BCUT2D eigenvalue weighted by Crippen LogP contribution is -1.93. The zero-order chi connectivity index (χ0) is 12.3. The van der Waals surface area contributed by atoms with E-state index in [1.165, 1.54) is 18.2 Å². The number of nitro benzene ring substituents is 1. The molecular weight excluding hydrogens is 234 g/mol. The van der Waals surface area contributed by atoms with Crippen molar-refractivity contribution in [3.05, 3.63) is 44.5 Å². The highest BCUT2D eigenvalue weighted by Gasteiger charge is 2.16. The smallest absolute Gasteiger partial charge is 0.328 e. The van der Waals surface area contributed by atoms with E-state index < -0.39 is 10.9 Å². The first-order valence-electron chi connectivity index (χ1n) is 4.28. The third kappa shape index (κ3) is 2.58. The fraction of sp³-hybridized carbons (Fsp3) is 0.100. The van der Waals surface area contributed by atoms with Crippen LogP contribution in [0.5, 0.6) is 0 Å². The third-order valence-corrected chi connectivity index (χ3v) is 2.36. The molecule has 0 heterocycles. The molecule has 0 fully saturated rings.